The lowest BCUT2D eigenvalue weighted by atomic mass is 9.73. The molecule has 1 fully saturated rings. The van der Waals surface area contributed by atoms with E-state index in [1.54, 1.807) is 0 Å². The summed E-state index contributed by atoms with van der Waals surface area (Å²) in [4.78, 5) is 6.68. The van der Waals surface area contributed by atoms with Gasteiger partial charge in [-0.1, -0.05) is 13.8 Å². The van der Waals surface area contributed by atoms with Crippen molar-refractivity contribution in [3.05, 3.63) is 0 Å². The molecule has 0 spiro atoms. The van der Waals surface area contributed by atoms with Crippen molar-refractivity contribution in [3.8, 4) is 0 Å². The molecule has 0 saturated heterocycles. The highest BCUT2D eigenvalue weighted by Crippen LogP contribution is 2.37. The highest BCUT2D eigenvalue weighted by molar-refractivity contribution is 5.81. The van der Waals surface area contributed by atoms with Crippen molar-refractivity contribution < 1.29 is 0 Å². The largest absolute Gasteiger partial charge is 0.356 e. The first kappa shape index (κ1) is 11.7. The average molecular weight is 223 g/mol. The topological polar surface area (TPSA) is 27.6 Å². The number of rotatable bonds is 2. The first-order valence-electron chi connectivity index (χ1n) is 6.56. The monoisotopic (exact) mass is 223 g/mol. The third-order valence-electron chi connectivity index (χ3n) is 4.07. The highest BCUT2D eigenvalue weighted by Gasteiger charge is 2.27. The minimum absolute atomic E-state index is 0.582. The molecule has 0 radical (unpaired) electrons. The third kappa shape index (κ3) is 2.89. The quantitative estimate of drug-likeness (QED) is 0.776. The van der Waals surface area contributed by atoms with Gasteiger partial charge in [-0.25, -0.2) is 0 Å². The van der Waals surface area contributed by atoms with E-state index in [1.807, 2.05) is 0 Å². The molecule has 0 bridgehead atoms. The van der Waals surface area contributed by atoms with Crippen LogP contribution in [-0.4, -0.2) is 37.5 Å². The van der Waals surface area contributed by atoms with Crippen LogP contribution in [0.5, 0.6) is 0 Å². The van der Waals surface area contributed by atoms with Crippen molar-refractivity contribution in [3.63, 3.8) is 0 Å². The van der Waals surface area contributed by atoms with E-state index in [1.165, 1.54) is 25.7 Å². The molecule has 2 rings (SSSR count). The van der Waals surface area contributed by atoms with Gasteiger partial charge >= 0.3 is 0 Å². The van der Waals surface area contributed by atoms with E-state index in [0.29, 0.717) is 5.41 Å². The van der Waals surface area contributed by atoms with Crippen LogP contribution < -0.4 is 5.32 Å². The molecule has 2 aliphatic rings. The van der Waals surface area contributed by atoms with Crippen LogP contribution in [0.2, 0.25) is 0 Å². The molecule has 3 heteroatoms. The Kier molecular flexibility index (Phi) is 3.41. The van der Waals surface area contributed by atoms with E-state index in [0.717, 1.165) is 31.5 Å². The number of hydrogen-bond acceptors (Lipinski definition) is 3. The molecule has 0 atom stereocenters. The minimum Gasteiger partial charge on any atom is -0.356 e. The summed E-state index contributed by atoms with van der Waals surface area (Å²) in [5.74, 6) is 1.95. The SMILES string of the molecule is CN1CCN=C1NCC1CCC(C)(C)CC1. The van der Waals surface area contributed by atoms with Crippen molar-refractivity contribution in [1.29, 1.82) is 0 Å². The maximum absolute atomic E-state index is 4.46. The Morgan fingerprint density at radius 2 is 2.06 bits per heavy atom. The highest BCUT2D eigenvalue weighted by atomic mass is 15.3. The number of nitrogens with zero attached hydrogens (tertiary/aromatic N) is 2. The minimum atomic E-state index is 0.582. The summed E-state index contributed by atoms with van der Waals surface area (Å²) >= 11 is 0. The van der Waals surface area contributed by atoms with Gasteiger partial charge in [-0.3, -0.25) is 4.99 Å². The normalized spacial score (nSPS) is 25.7. The molecule has 1 aliphatic carbocycles. The van der Waals surface area contributed by atoms with Gasteiger partial charge in [-0.15, -0.1) is 0 Å². The predicted octanol–water partition coefficient (Wildman–Crippen LogP) is 2.09. The van der Waals surface area contributed by atoms with Crippen LogP contribution in [0.3, 0.4) is 0 Å². The molecule has 0 aromatic heterocycles. The fourth-order valence-electron chi connectivity index (χ4n) is 2.62. The van der Waals surface area contributed by atoms with Crippen molar-refractivity contribution in [2.75, 3.05) is 26.7 Å². The van der Waals surface area contributed by atoms with Gasteiger partial charge in [-0.2, -0.15) is 0 Å². The van der Waals surface area contributed by atoms with Gasteiger partial charge in [0.15, 0.2) is 5.96 Å². The van der Waals surface area contributed by atoms with Crippen LogP contribution in [-0.2, 0) is 0 Å². The standard InChI is InChI=1S/C13H25N3/c1-13(2)6-4-11(5-7-13)10-15-12-14-8-9-16(12)3/h11H,4-10H2,1-3H3,(H,14,15). The molecule has 1 heterocycles. The summed E-state index contributed by atoms with van der Waals surface area (Å²) in [7, 11) is 2.11. The lowest BCUT2D eigenvalue weighted by Crippen LogP contribution is -2.39. The smallest absolute Gasteiger partial charge is 0.193 e. The van der Waals surface area contributed by atoms with Crippen LogP contribution in [0.1, 0.15) is 39.5 Å². The van der Waals surface area contributed by atoms with Crippen LogP contribution in [0, 0.1) is 11.3 Å². The zero-order valence-corrected chi connectivity index (χ0v) is 10.9. The van der Waals surface area contributed by atoms with Gasteiger partial charge in [0.1, 0.15) is 0 Å². The Hall–Kier alpha value is -0.730. The van der Waals surface area contributed by atoms with Crippen LogP contribution >= 0.6 is 0 Å². The van der Waals surface area contributed by atoms with Crippen LogP contribution in [0.4, 0.5) is 0 Å². The van der Waals surface area contributed by atoms with Gasteiger partial charge in [0.05, 0.1) is 6.54 Å². The van der Waals surface area contributed by atoms with E-state index in [9.17, 15) is 0 Å². The Labute approximate surface area is 99.3 Å². The van der Waals surface area contributed by atoms with Gasteiger partial charge < -0.3 is 10.2 Å². The lowest BCUT2D eigenvalue weighted by molar-refractivity contribution is 0.192. The molecule has 0 unspecified atom stereocenters. The average Bonchev–Trinajstić information content (AvgIpc) is 2.63. The molecule has 0 aromatic rings. The Bertz CT molecular complexity index is 260. The molecular weight excluding hydrogens is 198 g/mol. The Morgan fingerprint density at radius 3 is 2.62 bits per heavy atom. The van der Waals surface area contributed by atoms with Crippen LogP contribution in [0.25, 0.3) is 0 Å². The number of aliphatic imine (C=N–C) groups is 1. The fourth-order valence-corrected chi connectivity index (χ4v) is 2.62. The zero-order valence-electron chi connectivity index (χ0n) is 10.9. The van der Waals surface area contributed by atoms with E-state index in [2.05, 4.69) is 36.1 Å². The predicted molar refractivity (Wildman–Crippen MR) is 68.7 cm³/mol. The number of hydrogen-bond donors (Lipinski definition) is 1. The zero-order chi connectivity index (χ0) is 11.6. The van der Waals surface area contributed by atoms with E-state index in [-0.39, 0.29) is 0 Å². The number of nitrogens with one attached hydrogen (secondary N) is 1. The Morgan fingerprint density at radius 1 is 1.38 bits per heavy atom. The second kappa shape index (κ2) is 4.64. The third-order valence-corrected chi connectivity index (χ3v) is 4.07. The molecule has 1 saturated carbocycles. The van der Waals surface area contributed by atoms with E-state index < -0.39 is 0 Å². The van der Waals surface area contributed by atoms with Crippen molar-refractivity contribution >= 4 is 5.96 Å². The van der Waals surface area contributed by atoms with Crippen molar-refractivity contribution in [1.82, 2.24) is 10.2 Å². The molecule has 92 valence electrons. The molecule has 0 amide bonds. The number of likely N-dealkylation sites (N-methyl/N-ethyl adjacent to an activating group) is 1. The first-order chi connectivity index (χ1) is 7.57. The summed E-state index contributed by atoms with van der Waals surface area (Å²) in [5, 5.41) is 3.50. The fraction of sp³-hybridized carbons (Fsp3) is 0.923. The van der Waals surface area contributed by atoms with Gasteiger partial charge in [0.2, 0.25) is 0 Å². The summed E-state index contributed by atoms with van der Waals surface area (Å²) < 4.78 is 0. The van der Waals surface area contributed by atoms with Gasteiger partial charge in [-0.05, 0) is 37.0 Å². The second-order valence-corrected chi connectivity index (χ2v) is 6.12. The molecule has 0 aromatic carbocycles. The molecule has 1 aliphatic heterocycles. The second-order valence-electron chi connectivity index (χ2n) is 6.12. The summed E-state index contributed by atoms with van der Waals surface area (Å²) in [6, 6.07) is 0. The van der Waals surface area contributed by atoms with Crippen LogP contribution in [0.15, 0.2) is 4.99 Å². The first-order valence-corrected chi connectivity index (χ1v) is 6.56. The summed E-state index contributed by atoms with van der Waals surface area (Å²) in [6.45, 7) is 7.92. The van der Waals surface area contributed by atoms with E-state index >= 15 is 0 Å². The molecule has 16 heavy (non-hydrogen) atoms. The maximum atomic E-state index is 4.46. The Balaban J connectivity index is 1.71. The summed E-state index contributed by atoms with van der Waals surface area (Å²) in [6.07, 6.45) is 5.50. The maximum Gasteiger partial charge on any atom is 0.193 e. The van der Waals surface area contributed by atoms with Gasteiger partial charge in [0.25, 0.3) is 0 Å². The van der Waals surface area contributed by atoms with Gasteiger partial charge in [0, 0.05) is 20.1 Å². The number of guanidine groups is 1. The lowest BCUT2D eigenvalue weighted by Gasteiger charge is -2.34. The molecular formula is C13H25N3. The van der Waals surface area contributed by atoms with Crippen molar-refractivity contribution in [2.24, 2.45) is 16.3 Å². The summed E-state index contributed by atoms with van der Waals surface area (Å²) in [5.41, 5.74) is 0.582. The molecule has 1 N–H and O–H groups in total. The van der Waals surface area contributed by atoms with Crippen molar-refractivity contribution in [2.45, 2.75) is 39.5 Å². The van der Waals surface area contributed by atoms with E-state index in [4.69, 9.17) is 0 Å². The molecule has 3 nitrogen and oxygen atoms in total.